The smallest absolute Gasteiger partial charge is 0.382 e. The second-order valence-corrected chi connectivity index (χ2v) is 8.91. The Kier molecular flexibility index (Phi) is 6.28. The zero-order valence-electron chi connectivity index (χ0n) is 9.50. The van der Waals surface area contributed by atoms with Crippen LogP contribution in [0.3, 0.4) is 0 Å². The number of hydrogen-bond donors (Lipinski definition) is 0. The molecular formula is C11H16ClIO2Si. The first-order valence-electron chi connectivity index (χ1n) is 5.28. The van der Waals surface area contributed by atoms with Gasteiger partial charge in [-0.1, -0.05) is 46.3 Å². The maximum atomic E-state index is 5.91. The lowest BCUT2D eigenvalue weighted by atomic mass is 10.4. The Morgan fingerprint density at radius 1 is 1.12 bits per heavy atom. The van der Waals surface area contributed by atoms with Crippen molar-refractivity contribution in [3.8, 4) is 0 Å². The van der Waals surface area contributed by atoms with E-state index in [-0.39, 0.29) is 0 Å². The van der Waals surface area contributed by atoms with E-state index in [0.29, 0.717) is 13.2 Å². The van der Waals surface area contributed by atoms with Crippen LogP contribution in [0.2, 0.25) is 5.02 Å². The number of alkyl halides is 1. The third-order valence-electron chi connectivity index (χ3n) is 2.21. The number of hydrogen-bond acceptors (Lipinski definition) is 2. The first-order chi connectivity index (χ1) is 7.68. The third-order valence-corrected chi connectivity index (χ3v) is 8.55. The molecule has 0 unspecified atom stereocenters. The summed E-state index contributed by atoms with van der Waals surface area (Å²) in [4.78, 5) is 0. The minimum absolute atomic E-state index is 0.678. The van der Waals surface area contributed by atoms with Crippen molar-refractivity contribution in [1.29, 1.82) is 0 Å². The first kappa shape index (κ1) is 14.4. The van der Waals surface area contributed by atoms with Gasteiger partial charge in [0.1, 0.15) is 0 Å². The van der Waals surface area contributed by atoms with E-state index < -0.39 is 8.56 Å². The van der Waals surface area contributed by atoms with Crippen molar-refractivity contribution >= 4 is 47.9 Å². The molecule has 16 heavy (non-hydrogen) atoms. The van der Waals surface area contributed by atoms with Gasteiger partial charge in [0.25, 0.3) is 0 Å². The van der Waals surface area contributed by atoms with Crippen LogP contribution < -0.4 is 5.19 Å². The third kappa shape index (κ3) is 3.43. The molecule has 0 radical (unpaired) electrons. The maximum Gasteiger partial charge on any atom is 0.382 e. The van der Waals surface area contributed by atoms with E-state index in [1.165, 1.54) is 0 Å². The summed E-state index contributed by atoms with van der Waals surface area (Å²) < 4.78 is 12.7. The largest absolute Gasteiger partial charge is 0.391 e. The molecule has 1 rings (SSSR count). The van der Waals surface area contributed by atoms with E-state index in [4.69, 9.17) is 20.5 Å². The second-order valence-electron chi connectivity index (χ2n) is 3.26. The highest BCUT2D eigenvalue weighted by atomic mass is 127. The lowest BCUT2D eigenvalue weighted by molar-refractivity contribution is 0.202. The average Bonchev–Trinajstić information content (AvgIpc) is 2.29. The fourth-order valence-electron chi connectivity index (χ4n) is 1.53. The van der Waals surface area contributed by atoms with Gasteiger partial charge in [-0.3, -0.25) is 0 Å². The van der Waals surface area contributed by atoms with Gasteiger partial charge in [-0.2, -0.15) is 0 Å². The molecule has 0 aliphatic heterocycles. The monoisotopic (exact) mass is 370 g/mol. The van der Waals surface area contributed by atoms with E-state index in [9.17, 15) is 0 Å². The Morgan fingerprint density at radius 2 is 1.62 bits per heavy atom. The van der Waals surface area contributed by atoms with Crippen LogP contribution in [0.25, 0.3) is 0 Å². The summed E-state index contributed by atoms with van der Waals surface area (Å²) in [6.07, 6.45) is 0. The highest BCUT2D eigenvalue weighted by Crippen LogP contribution is 2.14. The molecule has 0 spiro atoms. The average molecular weight is 371 g/mol. The van der Waals surface area contributed by atoms with Gasteiger partial charge in [-0.15, -0.1) is 0 Å². The molecule has 0 saturated carbocycles. The minimum atomic E-state index is -2.24. The zero-order chi connectivity index (χ0) is 12.0. The maximum absolute atomic E-state index is 5.91. The van der Waals surface area contributed by atoms with Crippen LogP contribution in [0.5, 0.6) is 0 Å². The molecule has 90 valence electrons. The Balaban J connectivity index is 3.02. The molecule has 0 fully saturated rings. The lowest BCUT2D eigenvalue weighted by Gasteiger charge is -2.28. The van der Waals surface area contributed by atoms with Gasteiger partial charge in [-0.05, 0) is 31.2 Å². The van der Waals surface area contributed by atoms with Gasteiger partial charge >= 0.3 is 8.56 Å². The van der Waals surface area contributed by atoms with Crippen LogP contribution >= 0.6 is 34.2 Å². The van der Waals surface area contributed by atoms with Crippen molar-refractivity contribution in [3.05, 3.63) is 29.3 Å². The predicted molar refractivity (Wildman–Crippen MR) is 79.0 cm³/mol. The predicted octanol–water partition coefficient (Wildman–Crippen LogP) is 3.04. The Morgan fingerprint density at radius 3 is 2.00 bits per heavy atom. The van der Waals surface area contributed by atoms with E-state index in [0.717, 1.165) is 14.3 Å². The fourth-order valence-corrected chi connectivity index (χ4v) is 6.63. The molecule has 5 heteroatoms. The van der Waals surface area contributed by atoms with Gasteiger partial charge in [-0.25, -0.2) is 0 Å². The van der Waals surface area contributed by atoms with Gasteiger partial charge in [0.2, 0.25) is 0 Å². The van der Waals surface area contributed by atoms with Gasteiger partial charge < -0.3 is 8.85 Å². The molecule has 0 atom stereocenters. The SMILES string of the molecule is CCO[Si](CI)(OCC)c1ccc(Cl)cc1. The second kappa shape index (κ2) is 6.96. The molecule has 0 aliphatic carbocycles. The van der Waals surface area contributed by atoms with Crippen molar-refractivity contribution in [1.82, 2.24) is 0 Å². The van der Waals surface area contributed by atoms with Crippen LogP contribution in [-0.4, -0.2) is 25.8 Å². The van der Waals surface area contributed by atoms with Crippen molar-refractivity contribution in [2.75, 3.05) is 17.3 Å². The summed E-state index contributed by atoms with van der Waals surface area (Å²) in [5.41, 5.74) is 0. The van der Waals surface area contributed by atoms with E-state index in [1.807, 2.05) is 38.1 Å². The highest BCUT2D eigenvalue weighted by Gasteiger charge is 2.38. The lowest BCUT2D eigenvalue weighted by Crippen LogP contribution is -2.56. The van der Waals surface area contributed by atoms with Gasteiger partial charge in [0.15, 0.2) is 0 Å². The van der Waals surface area contributed by atoms with Crippen LogP contribution in [-0.2, 0) is 8.85 Å². The topological polar surface area (TPSA) is 18.5 Å². The summed E-state index contributed by atoms with van der Waals surface area (Å²) in [7, 11) is -2.24. The number of halogens is 2. The Bertz CT molecular complexity index is 312. The molecule has 0 heterocycles. The molecular weight excluding hydrogens is 355 g/mol. The number of rotatable bonds is 6. The van der Waals surface area contributed by atoms with E-state index >= 15 is 0 Å². The quantitative estimate of drug-likeness (QED) is 0.435. The van der Waals surface area contributed by atoms with Crippen LogP contribution in [0.1, 0.15) is 13.8 Å². The van der Waals surface area contributed by atoms with E-state index in [2.05, 4.69) is 22.6 Å². The van der Waals surface area contributed by atoms with Crippen molar-refractivity contribution in [3.63, 3.8) is 0 Å². The Labute approximate surface area is 117 Å². The summed E-state index contributed by atoms with van der Waals surface area (Å²) in [6, 6.07) is 7.81. The summed E-state index contributed by atoms with van der Waals surface area (Å²) in [6.45, 7) is 5.36. The Hall–Kier alpha value is 0.377. The minimum Gasteiger partial charge on any atom is -0.391 e. The summed E-state index contributed by atoms with van der Waals surface area (Å²) in [5.74, 6) is 0. The molecule has 0 aliphatic rings. The molecule has 1 aromatic rings. The fraction of sp³-hybridized carbons (Fsp3) is 0.455. The van der Waals surface area contributed by atoms with Crippen molar-refractivity contribution in [2.24, 2.45) is 0 Å². The van der Waals surface area contributed by atoms with Crippen LogP contribution in [0.15, 0.2) is 24.3 Å². The van der Waals surface area contributed by atoms with Crippen molar-refractivity contribution in [2.45, 2.75) is 13.8 Å². The standard InChI is InChI=1S/C11H16ClIO2Si/c1-3-14-16(9-13,15-4-2)11-7-5-10(12)6-8-11/h5-8H,3-4,9H2,1-2H3. The molecule has 2 nitrogen and oxygen atoms in total. The first-order valence-corrected chi connectivity index (χ1v) is 9.21. The molecule has 1 aromatic carbocycles. The van der Waals surface area contributed by atoms with E-state index in [1.54, 1.807) is 0 Å². The number of benzene rings is 1. The van der Waals surface area contributed by atoms with Gasteiger partial charge in [0.05, 0.1) is 0 Å². The normalized spacial score (nSPS) is 11.8. The highest BCUT2D eigenvalue weighted by molar-refractivity contribution is 14.1. The molecule has 0 N–H and O–H groups in total. The van der Waals surface area contributed by atoms with Gasteiger partial charge in [0, 0.05) is 22.3 Å². The molecule has 0 aromatic heterocycles. The summed E-state index contributed by atoms with van der Waals surface area (Å²) in [5, 5.41) is 1.89. The van der Waals surface area contributed by atoms with Crippen molar-refractivity contribution < 1.29 is 8.85 Å². The molecule has 0 saturated heterocycles. The zero-order valence-corrected chi connectivity index (χ0v) is 13.4. The van der Waals surface area contributed by atoms with Crippen LogP contribution in [0.4, 0.5) is 0 Å². The van der Waals surface area contributed by atoms with Crippen LogP contribution in [0, 0.1) is 0 Å². The summed E-state index contributed by atoms with van der Waals surface area (Å²) >= 11 is 8.23. The molecule has 0 bridgehead atoms. The molecule has 0 amide bonds.